The molecule has 1 aromatic heterocycles. The Kier molecular flexibility index (Phi) is 8.10. The summed E-state index contributed by atoms with van der Waals surface area (Å²) < 4.78 is 12.2. The number of fused-ring (bicyclic) bond motifs is 3. The number of rotatable bonds is 6. The van der Waals surface area contributed by atoms with E-state index < -0.39 is 5.60 Å². The number of aromatic nitrogens is 2. The first-order valence-electron chi connectivity index (χ1n) is 16.8. The van der Waals surface area contributed by atoms with Crippen LogP contribution in [0.5, 0.6) is 6.01 Å². The van der Waals surface area contributed by atoms with E-state index in [9.17, 15) is 10.1 Å². The number of anilines is 1. The van der Waals surface area contributed by atoms with Crippen LogP contribution in [0.25, 0.3) is 0 Å². The molecule has 10 heteroatoms. The summed E-state index contributed by atoms with van der Waals surface area (Å²) in [6.07, 6.45) is 9.59. The van der Waals surface area contributed by atoms with E-state index in [1.165, 1.54) is 36.0 Å². The molecule has 3 heterocycles. The van der Waals surface area contributed by atoms with Crippen molar-refractivity contribution in [3.05, 3.63) is 45.6 Å². The summed E-state index contributed by atoms with van der Waals surface area (Å²) in [7, 11) is 0. The van der Waals surface area contributed by atoms with E-state index in [2.05, 4.69) is 28.0 Å². The van der Waals surface area contributed by atoms with Crippen molar-refractivity contribution in [2.45, 2.75) is 114 Å². The van der Waals surface area contributed by atoms with Crippen LogP contribution in [0.15, 0.2) is 18.2 Å². The molecular weight excluding hydrogens is 588 g/mol. The van der Waals surface area contributed by atoms with Crippen molar-refractivity contribution in [1.82, 2.24) is 19.8 Å². The lowest BCUT2D eigenvalue weighted by Gasteiger charge is -2.43. The Morgan fingerprint density at radius 3 is 2.64 bits per heavy atom. The molecular formula is C35H45ClN6O3. The number of benzene rings is 1. The Hall–Kier alpha value is -3.09. The average molecular weight is 633 g/mol. The maximum atomic E-state index is 13.1. The summed E-state index contributed by atoms with van der Waals surface area (Å²) in [4.78, 5) is 29.9. The molecule has 7 rings (SSSR count). The number of ether oxygens (including phenoxy) is 2. The average Bonchev–Trinajstić information content (AvgIpc) is 3.63. The lowest BCUT2D eigenvalue weighted by molar-refractivity contribution is 0.0144. The maximum absolute atomic E-state index is 13.1. The van der Waals surface area contributed by atoms with E-state index >= 15 is 0 Å². The number of nitrogens with zero attached hydrogens (tertiary/aromatic N) is 6. The Balaban J connectivity index is 1.19. The van der Waals surface area contributed by atoms with Crippen molar-refractivity contribution in [3.63, 3.8) is 0 Å². The molecule has 0 radical (unpaired) electrons. The number of hydrogen-bond acceptors (Lipinski definition) is 8. The first-order valence-corrected chi connectivity index (χ1v) is 17.2. The fourth-order valence-electron chi connectivity index (χ4n) is 8.23. The molecule has 1 aromatic carbocycles. The minimum atomic E-state index is -0.600. The zero-order valence-corrected chi connectivity index (χ0v) is 27.6. The van der Waals surface area contributed by atoms with Gasteiger partial charge in [0.05, 0.1) is 24.2 Å². The second-order valence-electron chi connectivity index (χ2n) is 14.7. The lowest BCUT2D eigenvalue weighted by Crippen LogP contribution is -2.56. The van der Waals surface area contributed by atoms with E-state index in [1.54, 1.807) is 4.90 Å². The molecule has 2 saturated heterocycles. The van der Waals surface area contributed by atoms with Crippen molar-refractivity contribution < 1.29 is 14.3 Å². The Labute approximate surface area is 271 Å². The number of hydrogen-bond donors (Lipinski definition) is 0. The summed E-state index contributed by atoms with van der Waals surface area (Å²) in [5.74, 6) is 0.895. The van der Waals surface area contributed by atoms with E-state index in [4.69, 9.17) is 31.0 Å². The molecule has 2 aromatic rings. The van der Waals surface area contributed by atoms with Crippen molar-refractivity contribution in [3.8, 4) is 12.1 Å². The molecule has 0 unspecified atom stereocenters. The van der Waals surface area contributed by atoms with Gasteiger partial charge in [0, 0.05) is 47.7 Å². The van der Waals surface area contributed by atoms with Crippen LogP contribution in [0.4, 0.5) is 10.6 Å². The fourth-order valence-corrected chi connectivity index (χ4v) is 8.50. The monoisotopic (exact) mass is 632 g/mol. The molecule has 3 atom stereocenters. The van der Waals surface area contributed by atoms with Crippen LogP contribution in [0, 0.1) is 11.3 Å². The lowest BCUT2D eigenvalue weighted by atomic mass is 9.69. The highest BCUT2D eigenvalue weighted by molar-refractivity contribution is 6.31. The van der Waals surface area contributed by atoms with Gasteiger partial charge in [0.1, 0.15) is 18.0 Å². The quantitative estimate of drug-likeness (QED) is 0.392. The van der Waals surface area contributed by atoms with Crippen molar-refractivity contribution in [2.75, 3.05) is 37.7 Å². The highest BCUT2D eigenvalue weighted by Crippen LogP contribution is 2.50. The van der Waals surface area contributed by atoms with E-state index in [1.807, 2.05) is 26.8 Å². The number of nitriles is 1. The summed E-state index contributed by atoms with van der Waals surface area (Å²) in [6, 6.07) is 9.92. The Bertz CT molecular complexity index is 1500. The van der Waals surface area contributed by atoms with Gasteiger partial charge in [0.25, 0.3) is 0 Å². The van der Waals surface area contributed by atoms with Gasteiger partial charge in [0.2, 0.25) is 0 Å². The van der Waals surface area contributed by atoms with Gasteiger partial charge in [-0.3, -0.25) is 4.90 Å². The van der Waals surface area contributed by atoms with Crippen molar-refractivity contribution in [1.29, 1.82) is 5.26 Å². The van der Waals surface area contributed by atoms with Crippen LogP contribution < -0.4 is 9.64 Å². The minimum absolute atomic E-state index is 0.0170. The number of carbonyl (C=O) groups is 1. The molecule has 2 aliphatic heterocycles. The van der Waals surface area contributed by atoms with Gasteiger partial charge in [-0.2, -0.15) is 15.2 Å². The van der Waals surface area contributed by atoms with Crippen LogP contribution in [0.2, 0.25) is 5.02 Å². The SMILES string of the molecule is CC(C)(C)OC(=O)N1CCN(c2nc(OC[C@@H]3CCCN3C3CC3)nc3c2CC[C@@]2(CCc4c(Cl)cccc42)C3)C[C@@H]1CC#N. The zero-order chi connectivity index (χ0) is 31.3. The van der Waals surface area contributed by atoms with Gasteiger partial charge in [-0.25, -0.2) is 4.79 Å². The third-order valence-corrected chi connectivity index (χ3v) is 10.9. The van der Waals surface area contributed by atoms with Gasteiger partial charge < -0.3 is 19.3 Å². The summed E-state index contributed by atoms with van der Waals surface area (Å²) in [5.41, 5.74) is 4.30. The Morgan fingerprint density at radius 2 is 1.89 bits per heavy atom. The summed E-state index contributed by atoms with van der Waals surface area (Å²) >= 11 is 6.66. The largest absolute Gasteiger partial charge is 0.462 e. The molecule has 3 aliphatic carbocycles. The number of likely N-dealkylation sites (tertiary alicyclic amines) is 1. The molecule has 1 amide bonds. The van der Waals surface area contributed by atoms with Crippen LogP contribution in [-0.2, 0) is 29.4 Å². The minimum Gasteiger partial charge on any atom is -0.462 e. The summed E-state index contributed by atoms with van der Waals surface area (Å²) in [5, 5.41) is 10.6. The number of carbonyl (C=O) groups excluding carboxylic acids is 1. The summed E-state index contributed by atoms with van der Waals surface area (Å²) in [6.45, 7) is 8.94. The molecule has 1 spiro atoms. The Morgan fingerprint density at radius 1 is 1.09 bits per heavy atom. The third-order valence-electron chi connectivity index (χ3n) is 10.5. The molecule has 0 bridgehead atoms. The van der Waals surface area contributed by atoms with Gasteiger partial charge in [-0.1, -0.05) is 23.7 Å². The standard InChI is InChI=1S/C35H45ClN6O3/c1-34(2,3)45-33(43)42-19-18-40(21-24(42)13-16-37)31-27-12-15-35(14-11-26-28(35)7-4-8-29(26)36)20-30(27)38-32(39-31)44-22-25-6-5-17-41(25)23-9-10-23/h4,7-8,23-25H,5-6,9-15,17-22H2,1-3H3/t24-,25-,35-/m0/s1. The highest BCUT2D eigenvalue weighted by Gasteiger charge is 2.44. The van der Waals surface area contributed by atoms with E-state index in [-0.39, 0.29) is 24.0 Å². The first-order chi connectivity index (χ1) is 21.6. The first kappa shape index (κ1) is 30.6. The predicted molar refractivity (Wildman–Crippen MR) is 173 cm³/mol. The number of halogens is 1. The van der Waals surface area contributed by atoms with Crippen LogP contribution in [0.3, 0.4) is 0 Å². The second-order valence-corrected chi connectivity index (χ2v) is 15.1. The maximum Gasteiger partial charge on any atom is 0.410 e. The van der Waals surface area contributed by atoms with Crippen LogP contribution >= 0.6 is 11.6 Å². The van der Waals surface area contributed by atoms with Gasteiger partial charge >= 0.3 is 12.1 Å². The zero-order valence-electron chi connectivity index (χ0n) is 26.9. The molecule has 5 aliphatic rings. The van der Waals surface area contributed by atoms with Gasteiger partial charge in [-0.15, -0.1) is 0 Å². The highest BCUT2D eigenvalue weighted by atomic mass is 35.5. The molecule has 0 N–H and O–H groups in total. The molecule has 45 heavy (non-hydrogen) atoms. The van der Waals surface area contributed by atoms with E-state index in [0.717, 1.165) is 61.6 Å². The van der Waals surface area contributed by atoms with E-state index in [0.29, 0.717) is 44.3 Å². The molecule has 9 nitrogen and oxygen atoms in total. The van der Waals surface area contributed by atoms with Crippen LogP contribution in [0.1, 0.15) is 88.1 Å². The smallest absolute Gasteiger partial charge is 0.410 e. The van der Waals surface area contributed by atoms with Crippen molar-refractivity contribution in [2.24, 2.45) is 0 Å². The second kappa shape index (κ2) is 11.9. The van der Waals surface area contributed by atoms with Gasteiger partial charge in [0.15, 0.2) is 0 Å². The molecule has 3 fully saturated rings. The van der Waals surface area contributed by atoms with Crippen molar-refractivity contribution >= 4 is 23.5 Å². The topological polar surface area (TPSA) is 94.8 Å². The molecule has 1 saturated carbocycles. The predicted octanol–water partition coefficient (Wildman–Crippen LogP) is 5.85. The van der Waals surface area contributed by atoms with Crippen LogP contribution in [-0.4, -0.2) is 82.4 Å². The fraction of sp³-hybridized carbons (Fsp3) is 0.657. The third kappa shape index (κ3) is 6.08. The number of amides is 1. The normalized spacial score (nSPS) is 26.5. The molecule has 240 valence electrons. The van der Waals surface area contributed by atoms with Gasteiger partial charge in [-0.05, 0) is 102 Å². The number of piperazine rings is 1.